The van der Waals surface area contributed by atoms with Gasteiger partial charge in [0.15, 0.2) is 5.78 Å². The first-order valence-corrected chi connectivity index (χ1v) is 11.8. The summed E-state index contributed by atoms with van der Waals surface area (Å²) in [6.07, 6.45) is 1.63. The van der Waals surface area contributed by atoms with E-state index < -0.39 is 0 Å². The van der Waals surface area contributed by atoms with Crippen LogP contribution < -0.4 is 10.1 Å². The second kappa shape index (κ2) is 10.7. The molecular weight excluding hydrogens is 536 g/mol. The number of carbonyl (C=O) groups excluding carboxylic acids is 2. The minimum atomic E-state index is -0.291. The molecule has 1 amide bonds. The first kappa shape index (κ1) is 27.9. The summed E-state index contributed by atoms with van der Waals surface area (Å²) in [7, 11) is 1.55. The predicted octanol–water partition coefficient (Wildman–Crippen LogP) is 4.22. The van der Waals surface area contributed by atoms with Gasteiger partial charge in [0.25, 0.3) is 5.91 Å². The van der Waals surface area contributed by atoms with Crippen LogP contribution in [0, 0.1) is 16.7 Å². The number of carbonyl (C=O) groups is 2. The largest absolute Gasteiger partial charge is 0.493 e. The number of benzene rings is 2. The van der Waals surface area contributed by atoms with Gasteiger partial charge in [-0.15, -0.1) is 17.0 Å². The number of rotatable bonds is 7. The Kier molecular flexibility index (Phi) is 8.08. The predicted molar refractivity (Wildman–Crippen MR) is 147 cm³/mol. The Hall–Kier alpha value is -3.71. The van der Waals surface area contributed by atoms with Crippen LogP contribution in [0.4, 0.5) is 0 Å². The molecule has 194 valence electrons. The number of nitriles is 1. The Morgan fingerprint density at radius 1 is 1.24 bits per heavy atom. The van der Waals surface area contributed by atoms with Crippen molar-refractivity contribution in [3.63, 3.8) is 0 Å². The lowest BCUT2D eigenvalue weighted by molar-refractivity contribution is 0.0953. The molecule has 0 saturated heterocycles. The Bertz CT molecular complexity index is 1430. The fourth-order valence-electron chi connectivity index (χ4n) is 4.51. The zero-order chi connectivity index (χ0) is 26.2. The molecule has 4 rings (SSSR count). The number of fused-ring (bicyclic) bond motifs is 2. The SMILES string of the molecule is Br.CCOc1cc2c(cc1C(=O)NC)C(=N)N(CC(=O)c1cc(C(C)(C)C)c3ncn(CC#N)c3c1)C2. The van der Waals surface area contributed by atoms with E-state index >= 15 is 0 Å². The summed E-state index contributed by atoms with van der Waals surface area (Å²) >= 11 is 0. The Balaban J connectivity index is 0.00000380. The molecule has 1 aliphatic rings. The molecule has 2 N–H and O–H groups in total. The van der Waals surface area contributed by atoms with E-state index in [1.54, 1.807) is 41.0 Å². The van der Waals surface area contributed by atoms with Gasteiger partial charge >= 0.3 is 0 Å². The average molecular weight is 567 g/mol. The van der Waals surface area contributed by atoms with E-state index in [9.17, 15) is 14.9 Å². The molecule has 0 spiro atoms. The van der Waals surface area contributed by atoms with Crippen molar-refractivity contribution in [2.24, 2.45) is 0 Å². The van der Waals surface area contributed by atoms with Crippen molar-refractivity contribution in [3.05, 3.63) is 58.4 Å². The van der Waals surface area contributed by atoms with Gasteiger partial charge in [0, 0.05) is 24.7 Å². The van der Waals surface area contributed by atoms with E-state index in [2.05, 4.69) is 37.1 Å². The third-order valence-corrected chi connectivity index (χ3v) is 6.34. The van der Waals surface area contributed by atoms with Crippen LogP contribution in [0.3, 0.4) is 0 Å². The summed E-state index contributed by atoms with van der Waals surface area (Å²) in [6.45, 7) is 8.95. The van der Waals surface area contributed by atoms with Crippen molar-refractivity contribution in [2.75, 3.05) is 20.2 Å². The summed E-state index contributed by atoms with van der Waals surface area (Å²) in [4.78, 5) is 32.1. The molecule has 10 heteroatoms. The third kappa shape index (κ3) is 5.23. The maximum absolute atomic E-state index is 13.5. The summed E-state index contributed by atoms with van der Waals surface area (Å²) < 4.78 is 7.41. The van der Waals surface area contributed by atoms with E-state index in [1.165, 1.54) is 0 Å². The van der Waals surface area contributed by atoms with Gasteiger partial charge < -0.3 is 19.5 Å². The number of ketones is 1. The second-order valence-electron chi connectivity index (χ2n) is 9.82. The van der Waals surface area contributed by atoms with Gasteiger partial charge in [0.05, 0.1) is 42.1 Å². The first-order valence-electron chi connectivity index (χ1n) is 11.8. The van der Waals surface area contributed by atoms with Crippen molar-refractivity contribution in [3.8, 4) is 11.8 Å². The maximum Gasteiger partial charge on any atom is 0.254 e. The van der Waals surface area contributed by atoms with Gasteiger partial charge in [-0.3, -0.25) is 15.0 Å². The van der Waals surface area contributed by atoms with Crippen molar-refractivity contribution in [1.29, 1.82) is 10.7 Å². The molecule has 1 aliphatic heterocycles. The second-order valence-corrected chi connectivity index (χ2v) is 9.82. The molecule has 9 nitrogen and oxygen atoms in total. The molecule has 0 atom stereocenters. The monoisotopic (exact) mass is 566 g/mol. The number of ether oxygens (including phenoxy) is 1. The number of Topliss-reactive ketones (excluding diaryl/α,β-unsaturated/α-hetero) is 1. The van der Waals surface area contributed by atoms with Gasteiger partial charge in [0.1, 0.15) is 18.1 Å². The molecule has 0 aliphatic carbocycles. The summed E-state index contributed by atoms with van der Waals surface area (Å²) in [6, 6.07) is 9.24. The first-order chi connectivity index (χ1) is 17.1. The number of imidazole rings is 1. The molecule has 0 radical (unpaired) electrons. The number of amides is 1. The zero-order valence-electron chi connectivity index (χ0n) is 21.6. The number of hydrogen-bond acceptors (Lipinski definition) is 6. The maximum atomic E-state index is 13.5. The van der Waals surface area contributed by atoms with Crippen molar-refractivity contribution in [1.82, 2.24) is 19.8 Å². The average Bonchev–Trinajstić information content (AvgIpc) is 3.37. The van der Waals surface area contributed by atoms with Gasteiger partial charge in [-0.2, -0.15) is 5.26 Å². The topological polar surface area (TPSA) is 124 Å². The molecule has 2 aromatic carbocycles. The smallest absolute Gasteiger partial charge is 0.254 e. The zero-order valence-corrected chi connectivity index (χ0v) is 23.4. The fourth-order valence-corrected chi connectivity index (χ4v) is 4.51. The summed E-state index contributed by atoms with van der Waals surface area (Å²) in [5.41, 5.74) is 4.51. The highest BCUT2D eigenvalue weighted by Gasteiger charge is 2.30. The number of hydrogen-bond donors (Lipinski definition) is 2. The van der Waals surface area contributed by atoms with Gasteiger partial charge in [0.2, 0.25) is 0 Å². The number of nitrogens with zero attached hydrogens (tertiary/aromatic N) is 4. The number of nitrogens with one attached hydrogen (secondary N) is 2. The van der Waals surface area contributed by atoms with Crippen LogP contribution in [-0.4, -0.2) is 52.2 Å². The molecule has 0 fully saturated rings. The summed E-state index contributed by atoms with van der Waals surface area (Å²) in [5.74, 6) is 0.225. The highest BCUT2D eigenvalue weighted by molar-refractivity contribution is 8.93. The van der Waals surface area contributed by atoms with Gasteiger partial charge in [-0.1, -0.05) is 20.8 Å². The van der Waals surface area contributed by atoms with Crippen LogP contribution >= 0.6 is 17.0 Å². The van der Waals surface area contributed by atoms with Crippen LogP contribution in [0.25, 0.3) is 11.0 Å². The van der Waals surface area contributed by atoms with E-state index in [0.29, 0.717) is 35.6 Å². The number of amidine groups is 1. The van der Waals surface area contributed by atoms with Crippen molar-refractivity contribution >= 4 is 45.5 Å². The van der Waals surface area contributed by atoms with E-state index in [-0.39, 0.29) is 53.0 Å². The standard InChI is InChI=1S/C27H30N6O3.BrH/c1-6-36-23-11-17-13-33(25(29)18(17)12-19(23)26(35)30-5)14-22(34)16-9-20(27(2,3)4)24-21(10-16)32(8-7-28)15-31-24;/h9-12,15,29H,6,8,13-14H2,1-5H3,(H,30,35);1H. The number of aromatic nitrogens is 2. The Labute approximate surface area is 226 Å². The lowest BCUT2D eigenvalue weighted by Gasteiger charge is -2.22. The normalized spacial score (nSPS) is 12.6. The van der Waals surface area contributed by atoms with E-state index in [1.807, 2.05) is 13.0 Å². The van der Waals surface area contributed by atoms with Crippen molar-refractivity contribution < 1.29 is 14.3 Å². The Morgan fingerprint density at radius 3 is 2.59 bits per heavy atom. The van der Waals surface area contributed by atoms with E-state index in [0.717, 1.165) is 22.2 Å². The molecule has 1 aromatic heterocycles. The van der Waals surface area contributed by atoms with Crippen LogP contribution in [0.5, 0.6) is 5.75 Å². The molecular formula is C27H31BrN6O3. The molecule has 0 bridgehead atoms. The Morgan fingerprint density at radius 2 is 1.97 bits per heavy atom. The molecule has 3 aromatic rings. The fraction of sp³-hybridized carbons (Fsp3) is 0.370. The highest BCUT2D eigenvalue weighted by atomic mass is 79.9. The van der Waals surface area contributed by atoms with Crippen LogP contribution in [0.1, 0.15) is 65.1 Å². The number of halogens is 1. The van der Waals surface area contributed by atoms with Crippen LogP contribution in [0.2, 0.25) is 0 Å². The van der Waals surface area contributed by atoms with Crippen LogP contribution in [0.15, 0.2) is 30.6 Å². The minimum absolute atomic E-state index is 0. The highest BCUT2D eigenvalue weighted by Crippen LogP contribution is 2.33. The van der Waals surface area contributed by atoms with Crippen LogP contribution in [-0.2, 0) is 18.5 Å². The quantitative estimate of drug-likeness (QED) is 0.412. The molecule has 37 heavy (non-hydrogen) atoms. The third-order valence-electron chi connectivity index (χ3n) is 6.34. The minimum Gasteiger partial charge on any atom is -0.493 e. The molecule has 0 unspecified atom stereocenters. The van der Waals surface area contributed by atoms with E-state index in [4.69, 9.17) is 10.1 Å². The lowest BCUT2D eigenvalue weighted by atomic mass is 9.84. The molecule has 2 heterocycles. The lowest BCUT2D eigenvalue weighted by Crippen LogP contribution is -2.30. The molecule has 0 saturated carbocycles. The van der Waals surface area contributed by atoms with Crippen molar-refractivity contribution in [2.45, 2.75) is 46.2 Å². The van der Waals surface area contributed by atoms with Gasteiger partial charge in [-0.25, -0.2) is 4.98 Å². The summed E-state index contributed by atoms with van der Waals surface area (Å²) in [5, 5.41) is 20.5. The van der Waals surface area contributed by atoms with Gasteiger partial charge in [-0.05, 0) is 47.7 Å².